The molecule has 1 unspecified atom stereocenters. The van der Waals surface area contributed by atoms with E-state index in [4.69, 9.17) is 5.11 Å². The number of aliphatic carboxylic acids is 1. The predicted molar refractivity (Wildman–Crippen MR) is 43.0 cm³/mol. The van der Waals surface area contributed by atoms with Crippen molar-refractivity contribution < 1.29 is 27.9 Å². The van der Waals surface area contributed by atoms with Crippen molar-refractivity contribution in [1.29, 1.82) is 0 Å². The van der Waals surface area contributed by atoms with Crippen molar-refractivity contribution in [1.82, 2.24) is 4.90 Å². The van der Waals surface area contributed by atoms with Crippen molar-refractivity contribution in [3.63, 3.8) is 0 Å². The first-order valence-corrected chi connectivity index (χ1v) is 4.27. The zero-order valence-electron chi connectivity index (χ0n) is 7.97. The Morgan fingerprint density at radius 2 is 2.00 bits per heavy atom. The van der Waals surface area contributed by atoms with Crippen LogP contribution in [0.2, 0.25) is 0 Å². The molecule has 0 radical (unpaired) electrons. The van der Waals surface area contributed by atoms with Gasteiger partial charge in [-0.2, -0.15) is 13.2 Å². The summed E-state index contributed by atoms with van der Waals surface area (Å²) < 4.78 is 36.2. The molecule has 0 aliphatic carbocycles. The molecule has 0 aromatic rings. The maximum absolute atomic E-state index is 12.1. The molecule has 1 aliphatic heterocycles. The molecule has 1 rings (SSSR count). The second-order valence-corrected chi connectivity index (χ2v) is 3.77. The van der Waals surface area contributed by atoms with Gasteiger partial charge in [-0.25, -0.2) is 0 Å². The average Bonchev–Trinajstić information content (AvgIpc) is 1.99. The van der Waals surface area contributed by atoms with E-state index in [1.165, 1.54) is 6.92 Å². The lowest BCUT2D eigenvalue weighted by Gasteiger charge is -2.49. The molecule has 1 aliphatic rings. The first-order chi connectivity index (χ1) is 6.67. The van der Waals surface area contributed by atoms with Gasteiger partial charge in [0.25, 0.3) is 0 Å². The number of likely N-dealkylation sites (tertiary alicyclic amines) is 1. The number of carboxylic acid groups (broad SMARTS) is 1. The highest BCUT2D eigenvalue weighted by Crippen LogP contribution is 2.36. The number of hydrogen-bond donors (Lipinski definition) is 1. The second-order valence-electron chi connectivity index (χ2n) is 3.77. The van der Waals surface area contributed by atoms with E-state index in [2.05, 4.69) is 0 Å². The third-order valence-corrected chi connectivity index (χ3v) is 2.55. The fraction of sp³-hybridized carbons (Fsp3) is 0.750. The van der Waals surface area contributed by atoms with Gasteiger partial charge in [0, 0.05) is 6.54 Å². The lowest BCUT2D eigenvalue weighted by Crippen LogP contribution is -2.63. The summed E-state index contributed by atoms with van der Waals surface area (Å²) in [7, 11) is 0. The minimum absolute atomic E-state index is 0.0396. The van der Waals surface area contributed by atoms with Crippen LogP contribution in [0.1, 0.15) is 19.8 Å². The van der Waals surface area contributed by atoms with Gasteiger partial charge in [-0.1, -0.05) is 0 Å². The molecular weight excluding hydrogens is 215 g/mol. The number of rotatable bonds is 2. The molecular formula is C8H10F3NO3. The van der Waals surface area contributed by atoms with Gasteiger partial charge in [-0.15, -0.1) is 0 Å². The molecule has 4 nitrogen and oxygen atoms in total. The Morgan fingerprint density at radius 1 is 1.47 bits per heavy atom. The van der Waals surface area contributed by atoms with Crippen molar-refractivity contribution in [2.24, 2.45) is 0 Å². The number of amides is 1. The summed E-state index contributed by atoms with van der Waals surface area (Å²) in [6.07, 6.45) is -5.11. The number of carboxylic acids is 1. The Labute approximate surface area is 83.7 Å². The number of carbonyl (C=O) groups is 2. The van der Waals surface area contributed by atoms with Crippen molar-refractivity contribution in [2.75, 3.05) is 6.54 Å². The number of hydrogen-bond acceptors (Lipinski definition) is 2. The molecule has 0 aromatic carbocycles. The van der Waals surface area contributed by atoms with Crippen LogP contribution < -0.4 is 0 Å². The summed E-state index contributed by atoms with van der Waals surface area (Å²) in [6, 6.07) is 0. The molecule has 1 atom stereocenters. The maximum Gasteiger partial charge on any atom is 0.471 e. The van der Waals surface area contributed by atoms with Crippen LogP contribution in [0.3, 0.4) is 0 Å². The molecule has 0 spiro atoms. The van der Waals surface area contributed by atoms with Crippen LogP contribution in [-0.2, 0) is 9.59 Å². The van der Waals surface area contributed by atoms with Gasteiger partial charge in [0.2, 0.25) is 0 Å². The standard InChI is InChI=1S/C8H10F3NO3/c1-7(4-5(13)14)2-3-12(7)6(15)8(9,10)11/h2-4H2,1H3,(H,13,14). The highest BCUT2D eigenvalue weighted by atomic mass is 19.4. The summed E-state index contributed by atoms with van der Waals surface area (Å²) in [6.45, 7) is 1.30. The zero-order valence-corrected chi connectivity index (χ0v) is 7.97. The number of alkyl halides is 3. The predicted octanol–water partition coefficient (Wildman–Crippen LogP) is 1.01. The monoisotopic (exact) mass is 225 g/mol. The van der Waals surface area contributed by atoms with Gasteiger partial charge in [-0.3, -0.25) is 9.59 Å². The van der Waals surface area contributed by atoms with E-state index < -0.39 is 30.0 Å². The van der Waals surface area contributed by atoms with Crippen LogP contribution in [0.4, 0.5) is 13.2 Å². The number of halogens is 3. The Kier molecular flexibility index (Phi) is 2.67. The first kappa shape index (κ1) is 11.8. The minimum atomic E-state index is -4.93. The molecule has 1 N–H and O–H groups in total. The summed E-state index contributed by atoms with van der Waals surface area (Å²) in [5.74, 6) is -3.17. The molecule has 86 valence electrons. The Balaban J connectivity index is 2.74. The Bertz CT molecular complexity index is 302. The molecule has 1 saturated heterocycles. The van der Waals surface area contributed by atoms with Crippen LogP contribution in [0, 0.1) is 0 Å². The molecule has 0 aromatic heterocycles. The van der Waals surface area contributed by atoms with E-state index in [-0.39, 0.29) is 13.0 Å². The van der Waals surface area contributed by atoms with Crippen molar-refractivity contribution >= 4 is 11.9 Å². The van der Waals surface area contributed by atoms with Crippen molar-refractivity contribution in [3.05, 3.63) is 0 Å². The van der Waals surface area contributed by atoms with Gasteiger partial charge in [0.05, 0.1) is 12.0 Å². The third kappa shape index (κ3) is 2.21. The van der Waals surface area contributed by atoms with Gasteiger partial charge in [0.1, 0.15) is 0 Å². The summed E-state index contributed by atoms with van der Waals surface area (Å²) in [4.78, 5) is 21.8. The first-order valence-electron chi connectivity index (χ1n) is 4.27. The van der Waals surface area contributed by atoms with Crippen LogP contribution in [0.15, 0.2) is 0 Å². The van der Waals surface area contributed by atoms with Crippen LogP contribution in [0.25, 0.3) is 0 Å². The van der Waals surface area contributed by atoms with E-state index in [0.29, 0.717) is 4.90 Å². The SMILES string of the molecule is CC1(CC(=O)O)CCN1C(=O)C(F)(F)F. The molecule has 1 heterocycles. The van der Waals surface area contributed by atoms with Gasteiger partial charge < -0.3 is 10.0 Å². The van der Waals surface area contributed by atoms with Crippen molar-refractivity contribution in [2.45, 2.75) is 31.5 Å². The smallest absolute Gasteiger partial charge is 0.471 e. The molecule has 1 fully saturated rings. The zero-order chi connectivity index (χ0) is 11.9. The molecule has 1 amide bonds. The van der Waals surface area contributed by atoms with E-state index in [0.717, 1.165) is 0 Å². The lowest BCUT2D eigenvalue weighted by atomic mass is 9.83. The van der Waals surface area contributed by atoms with E-state index in [1.54, 1.807) is 0 Å². The Hall–Kier alpha value is -1.27. The minimum Gasteiger partial charge on any atom is -0.481 e. The molecule has 0 saturated carbocycles. The molecule has 7 heteroatoms. The van der Waals surface area contributed by atoms with Crippen molar-refractivity contribution in [3.8, 4) is 0 Å². The van der Waals surface area contributed by atoms with Crippen LogP contribution in [0.5, 0.6) is 0 Å². The van der Waals surface area contributed by atoms with Crippen LogP contribution >= 0.6 is 0 Å². The molecule has 15 heavy (non-hydrogen) atoms. The summed E-state index contributed by atoms with van der Waals surface area (Å²) in [5.41, 5.74) is -1.20. The van der Waals surface area contributed by atoms with E-state index in [1.807, 2.05) is 0 Å². The highest BCUT2D eigenvalue weighted by molar-refractivity contribution is 5.84. The van der Waals surface area contributed by atoms with Gasteiger partial charge in [0.15, 0.2) is 0 Å². The normalized spacial score (nSPS) is 26.0. The maximum atomic E-state index is 12.1. The highest BCUT2D eigenvalue weighted by Gasteiger charge is 2.53. The summed E-state index contributed by atoms with van der Waals surface area (Å²) >= 11 is 0. The van der Waals surface area contributed by atoms with E-state index in [9.17, 15) is 22.8 Å². The number of carbonyl (C=O) groups excluding carboxylic acids is 1. The number of nitrogens with zero attached hydrogens (tertiary/aromatic N) is 1. The third-order valence-electron chi connectivity index (χ3n) is 2.55. The van der Waals surface area contributed by atoms with E-state index >= 15 is 0 Å². The quantitative estimate of drug-likeness (QED) is 0.763. The topological polar surface area (TPSA) is 57.6 Å². The largest absolute Gasteiger partial charge is 0.481 e. The summed E-state index contributed by atoms with van der Waals surface area (Å²) in [5, 5.41) is 8.50. The molecule has 0 bridgehead atoms. The lowest BCUT2D eigenvalue weighted by molar-refractivity contribution is -0.200. The second kappa shape index (κ2) is 3.39. The average molecular weight is 225 g/mol. The van der Waals surface area contributed by atoms with Gasteiger partial charge >= 0.3 is 18.1 Å². The van der Waals surface area contributed by atoms with Gasteiger partial charge in [-0.05, 0) is 13.3 Å². The fourth-order valence-electron chi connectivity index (χ4n) is 1.61. The van der Waals surface area contributed by atoms with Crippen LogP contribution in [-0.4, -0.2) is 40.1 Å². The fourth-order valence-corrected chi connectivity index (χ4v) is 1.61. The Morgan fingerprint density at radius 3 is 2.27 bits per heavy atom.